The molecule has 0 aliphatic carbocycles. The molecule has 0 aliphatic heterocycles. The van der Waals surface area contributed by atoms with Gasteiger partial charge in [0.05, 0.1) is 17.8 Å². The Kier molecular flexibility index (Phi) is 10.7. The Balaban J connectivity index is 2.21. The minimum absolute atomic E-state index is 0.136. The van der Waals surface area contributed by atoms with E-state index in [-0.39, 0.29) is 5.97 Å². The van der Waals surface area contributed by atoms with Gasteiger partial charge < -0.3 is 15.2 Å². The van der Waals surface area contributed by atoms with Crippen molar-refractivity contribution >= 4 is 34.1 Å². The quantitative estimate of drug-likeness (QED) is 0.197. The zero-order valence-electron chi connectivity index (χ0n) is 21.7. The van der Waals surface area contributed by atoms with Crippen LogP contribution in [0.1, 0.15) is 78.7 Å². The zero-order chi connectivity index (χ0) is 25.1. The predicted octanol–water partition coefficient (Wildman–Crippen LogP) is 6.86. The number of hydrogen-bond donors (Lipinski definition) is 1. The lowest BCUT2D eigenvalue weighted by atomic mass is 9.98. The number of aromatic nitrogens is 1. The second-order valence-corrected chi connectivity index (χ2v) is 9.44. The lowest BCUT2D eigenvalue weighted by Crippen LogP contribution is -2.28. The van der Waals surface area contributed by atoms with Crippen LogP contribution in [-0.2, 0) is 14.3 Å². The van der Waals surface area contributed by atoms with Gasteiger partial charge in [-0.3, -0.25) is 4.79 Å². The number of unbranched alkanes of at least 4 members (excludes halogenated alkanes) is 3. The standard InChI is InChI=1S/C28H41N3O3/c1-7-9-10-11-16-25(32)34-28(5,6)18-20(3)17-22(19-33-8-2)30-26-21(4)23-14-12-13-15-24(23)31-27(26)29/h12-15,17H,7-11,16,18-19H2,1-6H3,(H2,29,31)/b20-17-,30-22?. The molecule has 0 saturated carbocycles. The fourth-order valence-electron chi connectivity index (χ4n) is 4.09. The largest absolute Gasteiger partial charge is 0.459 e. The van der Waals surface area contributed by atoms with Crippen molar-refractivity contribution in [2.75, 3.05) is 18.9 Å². The molecule has 34 heavy (non-hydrogen) atoms. The van der Waals surface area contributed by atoms with Crippen molar-refractivity contribution in [3.63, 3.8) is 0 Å². The van der Waals surface area contributed by atoms with Crippen molar-refractivity contribution in [2.45, 2.75) is 85.7 Å². The molecule has 1 heterocycles. The van der Waals surface area contributed by atoms with Crippen molar-refractivity contribution in [1.29, 1.82) is 0 Å². The lowest BCUT2D eigenvalue weighted by molar-refractivity contribution is -0.156. The molecule has 0 radical (unpaired) electrons. The summed E-state index contributed by atoms with van der Waals surface area (Å²) in [5.74, 6) is 0.260. The number of anilines is 1. The third-order valence-electron chi connectivity index (χ3n) is 5.60. The molecule has 0 unspecified atom stereocenters. The number of carbonyl (C=O) groups excluding carboxylic acids is 1. The molecule has 2 aromatic rings. The number of fused-ring (bicyclic) bond motifs is 1. The van der Waals surface area contributed by atoms with E-state index in [9.17, 15) is 4.79 Å². The molecule has 0 saturated heterocycles. The fraction of sp³-hybridized carbons (Fsp3) is 0.536. The van der Waals surface area contributed by atoms with Gasteiger partial charge in [-0.2, -0.15) is 0 Å². The van der Waals surface area contributed by atoms with Crippen LogP contribution in [0.15, 0.2) is 40.9 Å². The Hall–Kier alpha value is -2.73. The second kappa shape index (κ2) is 13.2. The number of nitrogen functional groups attached to an aromatic ring is 1. The number of aryl methyl sites for hydroxylation is 1. The topological polar surface area (TPSA) is 86.8 Å². The third kappa shape index (κ3) is 8.56. The molecule has 0 fully saturated rings. The molecule has 6 nitrogen and oxygen atoms in total. The van der Waals surface area contributed by atoms with Crippen molar-refractivity contribution in [3.8, 4) is 0 Å². The molecule has 1 aromatic carbocycles. The summed E-state index contributed by atoms with van der Waals surface area (Å²) in [7, 11) is 0. The van der Waals surface area contributed by atoms with Crippen molar-refractivity contribution in [3.05, 3.63) is 41.5 Å². The number of aliphatic imine (C=N–C) groups is 1. The molecule has 186 valence electrons. The second-order valence-electron chi connectivity index (χ2n) is 9.44. The summed E-state index contributed by atoms with van der Waals surface area (Å²) in [6.45, 7) is 13.0. The average Bonchev–Trinajstić information content (AvgIpc) is 2.76. The van der Waals surface area contributed by atoms with Gasteiger partial charge in [0, 0.05) is 24.8 Å². The highest BCUT2D eigenvalue weighted by Crippen LogP contribution is 2.31. The lowest BCUT2D eigenvalue weighted by Gasteiger charge is -2.25. The molecule has 2 N–H and O–H groups in total. The van der Waals surface area contributed by atoms with E-state index in [1.807, 2.05) is 65.0 Å². The molecule has 2 rings (SSSR count). The summed E-state index contributed by atoms with van der Waals surface area (Å²) in [6, 6.07) is 7.91. The highest BCUT2D eigenvalue weighted by molar-refractivity contribution is 6.00. The number of hydrogen-bond acceptors (Lipinski definition) is 6. The maximum Gasteiger partial charge on any atom is 0.306 e. The summed E-state index contributed by atoms with van der Waals surface area (Å²) in [4.78, 5) is 21.7. The van der Waals surface area contributed by atoms with Crippen LogP contribution in [-0.4, -0.2) is 35.5 Å². The summed E-state index contributed by atoms with van der Waals surface area (Å²) in [5, 5.41) is 1.03. The first kappa shape index (κ1) is 27.5. The van der Waals surface area contributed by atoms with Gasteiger partial charge in [-0.1, -0.05) is 50.0 Å². The molecule has 0 spiro atoms. The SMILES string of the molecule is CCCCCCC(=O)OC(C)(C)C/C(C)=C\C(COCC)=Nc1c(N)nc2ccccc2c1C. The molecule has 0 bridgehead atoms. The number of nitrogens with zero attached hydrogens (tertiary/aromatic N) is 2. The van der Waals surface area contributed by atoms with Gasteiger partial charge in [-0.05, 0) is 58.7 Å². The number of pyridine rings is 1. The van der Waals surface area contributed by atoms with Gasteiger partial charge in [0.25, 0.3) is 0 Å². The Bertz CT molecular complexity index is 1020. The fourth-order valence-corrected chi connectivity index (χ4v) is 4.09. The highest BCUT2D eigenvalue weighted by Gasteiger charge is 2.23. The molecule has 0 amide bonds. The average molecular weight is 468 g/mol. The highest BCUT2D eigenvalue weighted by atomic mass is 16.6. The molecule has 6 heteroatoms. The van der Waals surface area contributed by atoms with E-state index in [1.165, 1.54) is 0 Å². The summed E-state index contributed by atoms with van der Waals surface area (Å²) in [5.41, 5.74) is 9.98. The van der Waals surface area contributed by atoms with Gasteiger partial charge in [0.15, 0.2) is 0 Å². The van der Waals surface area contributed by atoms with Gasteiger partial charge in [-0.15, -0.1) is 0 Å². The van der Waals surface area contributed by atoms with E-state index in [0.717, 1.165) is 53.4 Å². The van der Waals surface area contributed by atoms with E-state index in [4.69, 9.17) is 20.2 Å². The first-order valence-corrected chi connectivity index (χ1v) is 12.4. The Morgan fingerprint density at radius 2 is 1.91 bits per heavy atom. The monoisotopic (exact) mass is 467 g/mol. The zero-order valence-corrected chi connectivity index (χ0v) is 21.7. The van der Waals surface area contributed by atoms with Crippen LogP contribution in [0.3, 0.4) is 0 Å². The smallest absolute Gasteiger partial charge is 0.306 e. The van der Waals surface area contributed by atoms with Crippen molar-refractivity contribution in [1.82, 2.24) is 4.98 Å². The van der Waals surface area contributed by atoms with Crippen LogP contribution in [0, 0.1) is 6.92 Å². The molecule has 0 aliphatic rings. The van der Waals surface area contributed by atoms with E-state index >= 15 is 0 Å². The summed E-state index contributed by atoms with van der Waals surface area (Å²) in [6.07, 6.45) is 7.31. The molecular formula is C28H41N3O3. The maximum atomic E-state index is 12.3. The summed E-state index contributed by atoms with van der Waals surface area (Å²) < 4.78 is 11.4. The predicted molar refractivity (Wildman–Crippen MR) is 142 cm³/mol. The van der Waals surface area contributed by atoms with Crippen molar-refractivity contribution < 1.29 is 14.3 Å². The number of carbonyl (C=O) groups is 1. The minimum Gasteiger partial charge on any atom is -0.459 e. The van der Waals surface area contributed by atoms with Gasteiger partial charge in [-0.25, -0.2) is 9.98 Å². The Morgan fingerprint density at radius 3 is 2.62 bits per heavy atom. The first-order valence-electron chi connectivity index (χ1n) is 12.4. The number of benzene rings is 1. The van der Waals surface area contributed by atoms with Crippen LogP contribution in [0.5, 0.6) is 0 Å². The van der Waals surface area contributed by atoms with Crippen molar-refractivity contribution in [2.24, 2.45) is 4.99 Å². The Morgan fingerprint density at radius 1 is 1.18 bits per heavy atom. The molecular weight excluding hydrogens is 426 g/mol. The van der Waals surface area contributed by atoms with Crippen LogP contribution in [0.25, 0.3) is 10.9 Å². The number of rotatable bonds is 13. The maximum absolute atomic E-state index is 12.3. The van der Waals surface area contributed by atoms with Gasteiger partial charge in [0.2, 0.25) is 0 Å². The normalized spacial score (nSPS) is 12.9. The summed E-state index contributed by atoms with van der Waals surface area (Å²) >= 11 is 0. The molecule has 0 atom stereocenters. The van der Waals surface area contributed by atoms with Gasteiger partial charge >= 0.3 is 5.97 Å². The number of nitrogens with two attached hydrogens (primary N) is 1. The van der Waals surface area contributed by atoms with E-state index in [1.54, 1.807) is 0 Å². The third-order valence-corrected chi connectivity index (χ3v) is 5.60. The minimum atomic E-state index is -0.599. The molecule has 1 aromatic heterocycles. The van der Waals surface area contributed by atoms with Crippen LogP contribution >= 0.6 is 0 Å². The van der Waals surface area contributed by atoms with Gasteiger partial charge in [0.1, 0.15) is 17.1 Å². The Labute approximate surface area is 204 Å². The van der Waals surface area contributed by atoms with E-state index in [2.05, 4.69) is 11.9 Å². The van der Waals surface area contributed by atoms with E-state index < -0.39 is 5.60 Å². The number of esters is 1. The number of para-hydroxylation sites is 1. The van der Waals surface area contributed by atoms with Crippen LogP contribution in [0.4, 0.5) is 11.5 Å². The van der Waals surface area contributed by atoms with E-state index in [0.29, 0.717) is 37.6 Å². The van der Waals surface area contributed by atoms with Crippen LogP contribution in [0.2, 0.25) is 0 Å². The van der Waals surface area contributed by atoms with Crippen LogP contribution < -0.4 is 5.73 Å². The number of ether oxygens (including phenoxy) is 2. The first-order chi connectivity index (χ1) is 16.2.